The summed E-state index contributed by atoms with van der Waals surface area (Å²) in [6.07, 6.45) is -0.884. The minimum atomic E-state index is -3.82. The maximum Gasteiger partial charge on any atom is 0.279 e. The summed E-state index contributed by atoms with van der Waals surface area (Å²) in [5.74, 6) is -0.679. The molecule has 0 aliphatic heterocycles. The smallest absolute Gasteiger partial charge is 0.279 e. The van der Waals surface area contributed by atoms with Gasteiger partial charge in [-0.3, -0.25) is 20.4 Å². The van der Waals surface area contributed by atoms with Crippen LogP contribution in [0.15, 0.2) is 65.6 Å². The third kappa shape index (κ3) is 6.33. The van der Waals surface area contributed by atoms with E-state index >= 15 is 0 Å². The lowest BCUT2D eigenvalue weighted by Gasteiger charge is -2.21. The first-order chi connectivity index (χ1) is 15.9. The highest BCUT2D eigenvalue weighted by atomic mass is 32.2. The predicted octanol–water partition coefficient (Wildman–Crippen LogP) is 3.45. The molecule has 0 aromatic heterocycles. The van der Waals surface area contributed by atoms with Gasteiger partial charge in [0.15, 0.2) is 6.10 Å². The van der Waals surface area contributed by atoms with E-state index in [9.17, 15) is 18.0 Å². The van der Waals surface area contributed by atoms with Crippen LogP contribution in [0.4, 0.5) is 0 Å². The summed E-state index contributed by atoms with van der Waals surface area (Å²) in [5, 5.41) is 2.03. The largest absolute Gasteiger partial charge is 0.481 e. The van der Waals surface area contributed by atoms with Crippen LogP contribution in [0, 0.1) is 6.92 Å². The van der Waals surface area contributed by atoms with E-state index in [1.54, 1.807) is 46.8 Å². The van der Waals surface area contributed by atoms with Crippen molar-refractivity contribution in [3.05, 3.63) is 71.8 Å². The molecule has 0 aliphatic rings. The molecule has 3 rings (SSSR count). The molecule has 0 radical (unpaired) electrons. The molecule has 1 atom stereocenters. The van der Waals surface area contributed by atoms with Crippen molar-refractivity contribution in [3.8, 4) is 5.75 Å². The molecular weight excluding hydrogens is 454 g/mol. The number of carbonyl (C=O) groups is 2. The molecule has 180 valence electrons. The van der Waals surface area contributed by atoms with Gasteiger partial charge < -0.3 is 4.74 Å². The molecule has 0 heterocycles. The quantitative estimate of drug-likeness (QED) is 0.465. The topological polar surface area (TPSA) is 114 Å². The van der Waals surface area contributed by atoms with E-state index in [4.69, 9.17) is 4.74 Å². The minimum absolute atomic E-state index is 0.0440. The molecule has 8 nitrogen and oxygen atoms in total. The van der Waals surface area contributed by atoms with Crippen molar-refractivity contribution < 1.29 is 22.7 Å². The van der Waals surface area contributed by atoms with Crippen LogP contribution in [-0.2, 0) is 14.8 Å². The molecule has 34 heavy (non-hydrogen) atoms. The molecular formula is C25H29N3O5S. The number of carbonyl (C=O) groups excluding carboxylic acids is 2. The Morgan fingerprint density at radius 2 is 1.59 bits per heavy atom. The lowest BCUT2D eigenvalue weighted by molar-refractivity contribution is -0.128. The average Bonchev–Trinajstić information content (AvgIpc) is 2.75. The number of sulfonamides is 1. The van der Waals surface area contributed by atoms with Crippen molar-refractivity contribution in [3.63, 3.8) is 0 Å². The number of hydrogen-bond acceptors (Lipinski definition) is 5. The molecule has 3 N–H and O–H groups in total. The van der Waals surface area contributed by atoms with Gasteiger partial charge in [-0.2, -0.15) is 0 Å². The summed E-state index contributed by atoms with van der Waals surface area (Å²) < 4.78 is 33.5. The Bertz CT molecular complexity index is 1330. The van der Waals surface area contributed by atoms with Crippen molar-refractivity contribution >= 4 is 32.6 Å². The maximum atomic E-state index is 12.7. The molecule has 0 saturated carbocycles. The molecule has 9 heteroatoms. The molecule has 0 saturated heterocycles. The zero-order chi connectivity index (χ0) is 25.1. The van der Waals surface area contributed by atoms with E-state index in [2.05, 4.69) is 15.6 Å². The first kappa shape index (κ1) is 25.2. The Labute approximate surface area is 199 Å². The number of fused-ring (bicyclic) bond motifs is 1. The van der Waals surface area contributed by atoms with Crippen molar-refractivity contribution in [1.82, 2.24) is 15.6 Å². The first-order valence-corrected chi connectivity index (χ1v) is 12.2. The van der Waals surface area contributed by atoms with Crippen LogP contribution in [0.2, 0.25) is 0 Å². The second-order valence-electron chi connectivity index (χ2n) is 9.04. The second kappa shape index (κ2) is 9.82. The highest BCUT2D eigenvalue weighted by molar-refractivity contribution is 7.89. The van der Waals surface area contributed by atoms with Crippen LogP contribution in [0.1, 0.15) is 43.6 Å². The summed E-state index contributed by atoms with van der Waals surface area (Å²) >= 11 is 0. The highest BCUT2D eigenvalue weighted by Crippen LogP contribution is 2.21. The van der Waals surface area contributed by atoms with Gasteiger partial charge in [0.25, 0.3) is 11.8 Å². The molecule has 3 aromatic carbocycles. The van der Waals surface area contributed by atoms with Gasteiger partial charge in [0.2, 0.25) is 10.0 Å². The normalized spacial score (nSPS) is 12.7. The number of benzene rings is 3. The van der Waals surface area contributed by atoms with Gasteiger partial charge >= 0.3 is 0 Å². The highest BCUT2D eigenvalue weighted by Gasteiger charge is 2.24. The summed E-state index contributed by atoms with van der Waals surface area (Å²) in [6.45, 7) is 8.41. The van der Waals surface area contributed by atoms with Crippen molar-refractivity contribution in [2.45, 2.75) is 51.2 Å². The summed E-state index contributed by atoms with van der Waals surface area (Å²) in [7, 11) is -3.82. The number of hydrazine groups is 1. The number of hydrogen-bond donors (Lipinski definition) is 3. The third-order valence-corrected chi connectivity index (χ3v) is 6.66. The Morgan fingerprint density at radius 3 is 2.26 bits per heavy atom. The van der Waals surface area contributed by atoms with Crippen molar-refractivity contribution in [1.29, 1.82) is 0 Å². The van der Waals surface area contributed by atoms with Crippen molar-refractivity contribution in [2.75, 3.05) is 0 Å². The van der Waals surface area contributed by atoms with Crippen LogP contribution in [0.25, 0.3) is 10.8 Å². The molecule has 0 spiro atoms. The van der Waals surface area contributed by atoms with E-state index in [1.165, 1.54) is 12.1 Å². The minimum Gasteiger partial charge on any atom is -0.481 e. The Morgan fingerprint density at radius 1 is 0.912 bits per heavy atom. The second-order valence-corrected chi connectivity index (χ2v) is 10.7. The summed E-state index contributed by atoms with van der Waals surface area (Å²) in [6, 6.07) is 17.5. The van der Waals surface area contributed by atoms with Crippen LogP contribution >= 0.6 is 0 Å². The lowest BCUT2D eigenvalue weighted by atomic mass is 10.1. The fourth-order valence-electron chi connectivity index (χ4n) is 3.26. The molecule has 2 amide bonds. The zero-order valence-electron chi connectivity index (χ0n) is 19.8. The van der Waals surface area contributed by atoms with E-state index in [0.29, 0.717) is 11.3 Å². The van der Waals surface area contributed by atoms with Crippen LogP contribution < -0.4 is 20.3 Å². The number of rotatable bonds is 6. The van der Waals surface area contributed by atoms with Gasteiger partial charge in [-0.15, -0.1) is 0 Å². The number of ether oxygens (including phenoxy) is 1. The van der Waals surface area contributed by atoms with Gasteiger partial charge in [-0.05, 0) is 75.2 Å². The standard InChI is InChI=1S/C25H29N3O5S/c1-16-10-13-21(34(31,32)28-25(3,4)5)15-22(16)24(30)27-26-23(29)17(2)33-20-12-11-18-8-6-7-9-19(18)14-20/h6-15,17,28H,1-5H3,(H,26,29)(H,27,30). The molecule has 0 aliphatic carbocycles. The van der Waals surface area contributed by atoms with Gasteiger partial charge in [-0.1, -0.05) is 36.4 Å². The molecule has 0 fully saturated rings. The van der Waals surface area contributed by atoms with Crippen LogP contribution in [-0.4, -0.2) is 31.9 Å². The zero-order valence-corrected chi connectivity index (χ0v) is 20.6. The van der Waals surface area contributed by atoms with E-state index < -0.39 is 33.5 Å². The molecule has 3 aromatic rings. The Kier molecular flexibility index (Phi) is 7.28. The van der Waals surface area contributed by atoms with Crippen molar-refractivity contribution in [2.24, 2.45) is 0 Å². The van der Waals surface area contributed by atoms with Gasteiger partial charge in [-0.25, -0.2) is 13.1 Å². The van der Waals surface area contributed by atoms with Gasteiger partial charge in [0.1, 0.15) is 5.75 Å². The van der Waals surface area contributed by atoms with E-state index in [-0.39, 0.29) is 10.5 Å². The number of aryl methyl sites for hydroxylation is 1. The Balaban J connectivity index is 1.65. The van der Waals surface area contributed by atoms with E-state index in [0.717, 1.165) is 10.8 Å². The van der Waals surface area contributed by atoms with Gasteiger partial charge in [0.05, 0.1) is 4.90 Å². The average molecular weight is 484 g/mol. The fraction of sp³-hybridized carbons (Fsp3) is 0.280. The number of amides is 2. The fourth-order valence-corrected chi connectivity index (χ4v) is 4.70. The van der Waals surface area contributed by atoms with E-state index in [1.807, 2.05) is 36.4 Å². The SMILES string of the molecule is Cc1ccc(S(=O)(=O)NC(C)(C)C)cc1C(=O)NNC(=O)C(C)Oc1ccc2ccccc2c1. The van der Waals surface area contributed by atoms with Crippen LogP contribution in [0.5, 0.6) is 5.75 Å². The Hall–Kier alpha value is -3.43. The lowest BCUT2D eigenvalue weighted by Crippen LogP contribution is -2.47. The van der Waals surface area contributed by atoms with Crippen LogP contribution in [0.3, 0.4) is 0 Å². The molecule has 1 unspecified atom stereocenters. The summed E-state index contributed by atoms with van der Waals surface area (Å²) in [4.78, 5) is 25.1. The number of nitrogens with one attached hydrogen (secondary N) is 3. The third-order valence-electron chi connectivity index (χ3n) is 4.91. The predicted molar refractivity (Wildman–Crippen MR) is 131 cm³/mol. The van der Waals surface area contributed by atoms with Gasteiger partial charge in [0, 0.05) is 11.1 Å². The summed E-state index contributed by atoms with van der Waals surface area (Å²) in [5.41, 5.74) is 4.67. The maximum absolute atomic E-state index is 12.7. The molecule has 0 bridgehead atoms. The monoisotopic (exact) mass is 483 g/mol. The first-order valence-electron chi connectivity index (χ1n) is 10.8.